The first kappa shape index (κ1) is 8.37. The lowest BCUT2D eigenvalue weighted by Crippen LogP contribution is -2.03. The lowest BCUT2D eigenvalue weighted by atomic mass is 9.99. The Morgan fingerprint density at radius 1 is 1.00 bits per heavy atom. The van der Waals surface area contributed by atoms with Crippen LogP contribution in [0.15, 0.2) is 51.8 Å². The SMILES string of the molecule is C1=C2Cc3ccccc3SC2=CCC1. The van der Waals surface area contributed by atoms with Gasteiger partial charge in [0.1, 0.15) is 0 Å². The Kier molecular flexibility index (Phi) is 1.98. The first-order valence-corrected chi connectivity index (χ1v) is 5.90. The molecule has 1 aliphatic heterocycles. The van der Waals surface area contributed by atoms with E-state index in [1.807, 2.05) is 11.8 Å². The van der Waals surface area contributed by atoms with Gasteiger partial charge in [0.05, 0.1) is 0 Å². The van der Waals surface area contributed by atoms with Gasteiger partial charge in [0.25, 0.3) is 0 Å². The monoisotopic (exact) mass is 200 g/mol. The molecule has 1 aromatic carbocycles. The Balaban J connectivity index is 2.07. The fraction of sp³-hybridized carbons (Fsp3) is 0.231. The molecular weight excluding hydrogens is 188 g/mol. The fourth-order valence-corrected chi connectivity index (χ4v) is 3.19. The molecule has 0 unspecified atom stereocenters. The molecule has 14 heavy (non-hydrogen) atoms. The third kappa shape index (κ3) is 1.32. The lowest BCUT2D eigenvalue weighted by Gasteiger charge is -2.23. The first-order valence-electron chi connectivity index (χ1n) is 5.09. The highest BCUT2D eigenvalue weighted by atomic mass is 32.2. The van der Waals surface area contributed by atoms with E-state index in [1.165, 1.54) is 28.2 Å². The van der Waals surface area contributed by atoms with Crippen molar-refractivity contribution >= 4 is 11.8 Å². The van der Waals surface area contributed by atoms with E-state index in [1.54, 1.807) is 5.57 Å². The van der Waals surface area contributed by atoms with Crippen molar-refractivity contribution in [3.8, 4) is 0 Å². The third-order valence-electron chi connectivity index (χ3n) is 2.78. The molecule has 0 aromatic heterocycles. The van der Waals surface area contributed by atoms with Gasteiger partial charge in [-0.15, -0.1) is 0 Å². The van der Waals surface area contributed by atoms with Crippen LogP contribution in [0.25, 0.3) is 0 Å². The summed E-state index contributed by atoms with van der Waals surface area (Å²) in [6.07, 6.45) is 8.36. The number of benzene rings is 1. The molecule has 1 aromatic rings. The maximum Gasteiger partial charge on any atom is 0.0157 e. The number of allylic oxidation sites excluding steroid dienone is 3. The minimum Gasteiger partial charge on any atom is -0.0898 e. The van der Waals surface area contributed by atoms with Gasteiger partial charge in [-0.1, -0.05) is 42.1 Å². The molecule has 0 spiro atoms. The predicted octanol–water partition coefficient (Wildman–Crippen LogP) is 3.94. The van der Waals surface area contributed by atoms with Crippen LogP contribution in [0.1, 0.15) is 18.4 Å². The maximum atomic E-state index is 2.40. The average Bonchev–Trinajstić information content (AvgIpc) is 2.26. The molecule has 1 aliphatic carbocycles. The van der Waals surface area contributed by atoms with E-state index in [-0.39, 0.29) is 0 Å². The predicted molar refractivity (Wildman–Crippen MR) is 61.4 cm³/mol. The molecule has 1 heteroatoms. The molecule has 0 saturated heterocycles. The molecule has 0 radical (unpaired) electrons. The van der Waals surface area contributed by atoms with Gasteiger partial charge in [-0.3, -0.25) is 0 Å². The first-order chi connectivity index (χ1) is 6.93. The van der Waals surface area contributed by atoms with E-state index in [0.29, 0.717) is 0 Å². The Labute approximate surface area is 88.7 Å². The molecule has 70 valence electrons. The van der Waals surface area contributed by atoms with Crippen molar-refractivity contribution in [1.29, 1.82) is 0 Å². The highest BCUT2D eigenvalue weighted by Crippen LogP contribution is 2.42. The van der Waals surface area contributed by atoms with Crippen molar-refractivity contribution in [2.45, 2.75) is 24.2 Å². The number of hydrogen-bond donors (Lipinski definition) is 0. The second-order valence-electron chi connectivity index (χ2n) is 3.76. The Morgan fingerprint density at radius 2 is 1.86 bits per heavy atom. The van der Waals surface area contributed by atoms with E-state index in [2.05, 4.69) is 36.4 Å². The smallest absolute Gasteiger partial charge is 0.0157 e. The highest BCUT2D eigenvalue weighted by molar-refractivity contribution is 8.03. The summed E-state index contributed by atoms with van der Waals surface area (Å²) in [5.74, 6) is 0. The molecule has 0 amide bonds. The Morgan fingerprint density at radius 3 is 2.86 bits per heavy atom. The fourth-order valence-electron chi connectivity index (χ4n) is 2.04. The van der Waals surface area contributed by atoms with E-state index >= 15 is 0 Å². The van der Waals surface area contributed by atoms with Crippen LogP contribution in [0.4, 0.5) is 0 Å². The minimum atomic E-state index is 1.13. The van der Waals surface area contributed by atoms with E-state index in [9.17, 15) is 0 Å². The number of thioether (sulfide) groups is 1. The van der Waals surface area contributed by atoms with Gasteiger partial charge in [-0.05, 0) is 36.5 Å². The molecule has 2 aliphatic rings. The molecule has 0 atom stereocenters. The van der Waals surface area contributed by atoms with Crippen molar-refractivity contribution in [1.82, 2.24) is 0 Å². The summed E-state index contributed by atoms with van der Waals surface area (Å²) in [4.78, 5) is 2.94. The van der Waals surface area contributed by atoms with E-state index in [4.69, 9.17) is 0 Å². The summed E-state index contributed by atoms with van der Waals surface area (Å²) in [5, 5.41) is 0. The molecule has 0 bridgehead atoms. The zero-order chi connectivity index (χ0) is 9.38. The highest BCUT2D eigenvalue weighted by Gasteiger charge is 2.18. The molecule has 0 nitrogen and oxygen atoms in total. The normalized spacial score (nSPS) is 19.1. The van der Waals surface area contributed by atoms with Gasteiger partial charge in [-0.2, -0.15) is 0 Å². The van der Waals surface area contributed by atoms with E-state index < -0.39 is 0 Å². The summed E-state index contributed by atoms with van der Waals surface area (Å²) in [7, 11) is 0. The minimum absolute atomic E-state index is 1.13. The van der Waals surface area contributed by atoms with Crippen molar-refractivity contribution in [2.24, 2.45) is 0 Å². The second-order valence-corrected chi connectivity index (χ2v) is 4.85. The number of hydrogen-bond acceptors (Lipinski definition) is 1. The van der Waals surface area contributed by atoms with E-state index in [0.717, 1.165) is 6.42 Å². The van der Waals surface area contributed by atoms with Gasteiger partial charge in [0, 0.05) is 9.80 Å². The van der Waals surface area contributed by atoms with Gasteiger partial charge < -0.3 is 0 Å². The van der Waals surface area contributed by atoms with Gasteiger partial charge in [0.2, 0.25) is 0 Å². The van der Waals surface area contributed by atoms with Crippen LogP contribution in [0.3, 0.4) is 0 Å². The summed E-state index contributed by atoms with van der Waals surface area (Å²) in [6, 6.07) is 8.74. The zero-order valence-electron chi connectivity index (χ0n) is 7.99. The molecular formula is C13H12S. The second kappa shape index (κ2) is 3.32. The van der Waals surface area contributed by atoms with Crippen LogP contribution < -0.4 is 0 Å². The van der Waals surface area contributed by atoms with Crippen molar-refractivity contribution in [2.75, 3.05) is 0 Å². The van der Waals surface area contributed by atoms with Gasteiger partial charge in [0.15, 0.2) is 0 Å². The maximum absolute atomic E-state index is 2.40. The summed E-state index contributed by atoms with van der Waals surface area (Å²) in [6.45, 7) is 0. The zero-order valence-corrected chi connectivity index (χ0v) is 8.81. The molecule has 0 fully saturated rings. The Hall–Kier alpha value is -0.950. The van der Waals surface area contributed by atoms with Crippen LogP contribution in [0.2, 0.25) is 0 Å². The van der Waals surface area contributed by atoms with Crippen LogP contribution in [0.5, 0.6) is 0 Å². The molecule has 0 N–H and O–H groups in total. The van der Waals surface area contributed by atoms with Crippen LogP contribution in [-0.2, 0) is 6.42 Å². The van der Waals surface area contributed by atoms with Gasteiger partial charge >= 0.3 is 0 Å². The molecule has 1 heterocycles. The number of fused-ring (bicyclic) bond motifs is 2. The topological polar surface area (TPSA) is 0 Å². The average molecular weight is 200 g/mol. The molecule has 3 rings (SSSR count). The lowest BCUT2D eigenvalue weighted by molar-refractivity contribution is 0.972. The van der Waals surface area contributed by atoms with Crippen LogP contribution in [0, 0.1) is 0 Å². The van der Waals surface area contributed by atoms with Crippen molar-refractivity contribution in [3.05, 3.63) is 52.5 Å². The Bertz CT molecular complexity index is 386. The number of rotatable bonds is 0. The summed E-state index contributed by atoms with van der Waals surface area (Å²) >= 11 is 1.93. The molecule has 0 saturated carbocycles. The quantitative estimate of drug-likeness (QED) is 0.611. The van der Waals surface area contributed by atoms with Crippen molar-refractivity contribution < 1.29 is 0 Å². The summed E-state index contributed by atoms with van der Waals surface area (Å²) < 4.78 is 0. The van der Waals surface area contributed by atoms with Crippen molar-refractivity contribution in [3.63, 3.8) is 0 Å². The van der Waals surface area contributed by atoms with Crippen LogP contribution in [-0.4, -0.2) is 0 Å². The van der Waals surface area contributed by atoms with Gasteiger partial charge in [-0.25, -0.2) is 0 Å². The standard InChI is InChI=1S/C13H12S/c1-3-7-12-10(5-1)9-11-6-2-4-8-13(11)14-12/h1,3,5-8H,2,4,9H2. The van der Waals surface area contributed by atoms with Crippen LogP contribution >= 0.6 is 11.8 Å². The summed E-state index contributed by atoms with van der Waals surface area (Å²) in [5.41, 5.74) is 3.03. The largest absolute Gasteiger partial charge is 0.0898 e. The third-order valence-corrected chi connectivity index (χ3v) is 4.04.